The number of benzene rings is 1. The van der Waals surface area contributed by atoms with Gasteiger partial charge in [0.05, 0.1) is 16.4 Å². The van der Waals surface area contributed by atoms with Crippen molar-refractivity contribution in [1.29, 1.82) is 0 Å². The Morgan fingerprint density at radius 2 is 2.08 bits per heavy atom. The fourth-order valence-electron chi connectivity index (χ4n) is 3.13. The van der Waals surface area contributed by atoms with Crippen molar-refractivity contribution in [2.24, 2.45) is 5.92 Å². The maximum absolute atomic E-state index is 12.9. The van der Waals surface area contributed by atoms with Crippen molar-refractivity contribution in [3.63, 3.8) is 0 Å². The first-order valence-corrected chi connectivity index (χ1v) is 9.57. The van der Waals surface area contributed by atoms with E-state index in [1.165, 1.54) is 12.8 Å². The Morgan fingerprint density at radius 3 is 2.69 bits per heavy atom. The van der Waals surface area contributed by atoms with Crippen molar-refractivity contribution in [2.75, 3.05) is 18.4 Å². The molecule has 0 unspecified atom stereocenters. The molecular weight excluding hydrogens is 350 g/mol. The van der Waals surface area contributed by atoms with Gasteiger partial charge in [0.2, 0.25) is 5.76 Å². The molecule has 2 aromatic rings. The van der Waals surface area contributed by atoms with Gasteiger partial charge in [-0.15, -0.1) is 0 Å². The van der Waals surface area contributed by atoms with Crippen LogP contribution in [0.4, 0.5) is 11.7 Å². The van der Waals surface area contributed by atoms with Crippen LogP contribution >= 0.6 is 11.6 Å². The number of oxazole rings is 1. The van der Waals surface area contributed by atoms with E-state index in [-0.39, 0.29) is 5.91 Å². The number of aromatic nitrogens is 1. The van der Waals surface area contributed by atoms with Crippen LogP contribution in [0.15, 0.2) is 16.5 Å². The minimum atomic E-state index is -0.0801. The molecule has 1 N–H and O–H groups in total. The highest BCUT2D eigenvalue weighted by atomic mass is 35.5. The summed E-state index contributed by atoms with van der Waals surface area (Å²) in [6.45, 7) is 9.39. The van der Waals surface area contributed by atoms with E-state index in [2.05, 4.69) is 17.2 Å². The van der Waals surface area contributed by atoms with Gasteiger partial charge < -0.3 is 14.6 Å². The van der Waals surface area contributed by atoms with Gasteiger partial charge in [-0.1, -0.05) is 24.6 Å². The van der Waals surface area contributed by atoms with Gasteiger partial charge in [-0.25, -0.2) is 0 Å². The van der Waals surface area contributed by atoms with E-state index >= 15 is 0 Å². The van der Waals surface area contributed by atoms with Gasteiger partial charge in [0.15, 0.2) is 0 Å². The van der Waals surface area contributed by atoms with Gasteiger partial charge in [-0.2, -0.15) is 4.98 Å². The lowest BCUT2D eigenvalue weighted by atomic mass is 10.1. The molecular formula is C20H26ClN3O2. The second-order valence-electron chi connectivity index (χ2n) is 7.19. The largest absolute Gasteiger partial charge is 0.418 e. The van der Waals surface area contributed by atoms with E-state index < -0.39 is 0 Å². The van der Waals surface area contributed by atoms with Gasteiger partial charge in [0.25, 0.3) is 11.9 Å². The lowest BCUT2D eigenvalue weighted by molar-refractivity contribution is 0.0716. The third kappa shape index (κ3) is 4.21. The van der Waals surface area contributed by atoms with Crippen molar-refractivity contribution < 1.29 is 9.21 Å². The summed E-state index contributed by atoms with van der Waals surface area (Å²) in [5.41, 5.74) is 3.43. The van der Waals surface area contributed by atoms with Crippen molar-refractivity contribution in [3.05, 3.63) is 39.7 Å². The summed E-state index contributed by atoms with van der Waals surface area (Å²) < 4.78 is 5.78. The molecule has 0 aliphatic heterocycles. The summed E-state index contributed by atoms with van der Waals surface area (Å²) in [6, 6.07) is 4.22. The van der Waals surface area contributed by atoms with Crippen LogP contribution in [0.2, 0.25) is 5.02 Å². The third-order valence-electron chi connectivity index (χ3n) is 4.61. The summed E-state index contributed by atoms with van der Waals surface area (Å²) in [5, 5.41) is 3.73. The molecule has 0 atom stereocenters. The quantitative estimate of drug-likeness (QED) is 0.717. The Hall–Kier alpha value is -2.01. The molecule has 1 saturated carbocycles. The fourth-order valence-corrected chi connectivity index (χ4v) is 3.50. The molecule has 1 aromatic carbocycles. The number of anilines is 2. The van der Waals surface area contributed by atoms with Crippen LogP contribution in [0.5, 0.6) is 0 Å². The van der Waals surface area contributed by atoms with Crippen molar-refractivity contribution in [2.45, 2.75) is 47.0 Å². The average molecular weight is 376 g/mol. The number of amides is 1. The number of halogens is 1. The molecule has 1 amide bonds. The van der Waals surface area contributed by atoms with Crippen molar-refractivity contribution in [1.82, 2.24) is 9.88 Å². The second-order valence-corrected chi connectivity index (χ2v) is 7.60. The Kier molecular flexibility index (Phi) is 5.56. The SMILES string of the molecule is CCCN(CC1CC1)C(=O)c1oc(Nc2c(C)cc(C)cc2Cl)nc1C. The number of carbonyl (C=O) groups is 1. The summed E-state index contributed by atoms with van der Waals surface area (Å²) in [5.74, 6) is 0.867. The topological polar surface area (TPSA) is 58.4 Å². The first-order valence-electron chi connectivity index (χ1n) is 9.19. The molecule has 0 radical (unpaired) electrons. The Balaban J connectivity index is 1.81. The summed E-state index contributed by atoms with van der Waals surface area (Å²) >= 11 is 6.34. The number of aryl methyl sites for hydroxylation is 3. The van der Waals surface area contributed by atoms with Crippen LogP contribution in [0.1, 0.15) is 53.6 Å². The summed E-state index contributed by atoms with van der Waals surface area (Å²) in [7, 11) is 0. The Labute approximate surface area is 159 Å². The summed E-state index contributed by atoms with van der Waals surface area (Å²) in [4.78, 5) is 19.2. The number of rotatable bonds is 7. The smallest absolute Gasteiger partial charge is 0.300 e. The molecule has 0 bridgehead atoms. The molecule has 1 aliphatic rings. The molecule has 3 rings (SSSR count). The minimum Gasteiger partial charge on any atom is -0.418 e. The lowest BCUT2D eigenvalue weighted by Crippen LogP contribution is -2.33. The number of hydrogen-bond acceptors (Lipinski definition) is 4. The number of nitrogens with one attached hydrogen (secondary N) is 1. The van der Waals surface area contributed by atoms with Gasteiger partial charge in [-0.3, -0.25) is 4.79 Å². The molecule has 1 aromatic heterocycles. The lowest BCUT2D eigenvalue weighted by Gasteiger charge is -2.20. The Morgan fingerprint density at radius 1 is 1.35 bits per heavy atom. The second kappa shape index (κ2) is 7.70. The van der Waals surface area contributed by atoms with Gasteiger partial charge >= 0.3 is 0 Å². The van der Waals surface area contributed by atoms with E-state index in [0.29, 0.717) is 28.4 Å². The number of carbonyl (C=O) groups excluding carboxylic acids is 1. The first kappa shape index (κ1) is 18.8. The molecule has 26 heavy (non-hydrogen) atoms. The normalized spacial score (nSPS) is 13.7. The molecule has 1 heterocycles. The molecule has 0 spiro atoms. The highest BCUT2D eigenvalue weighted by Gasteiger charge is 2.29. The van der Waals surface area contributed by atoms with E-state index in [1.54, 1.807) is 6.92 Å². The third-order valence-corrected chi connectivity index (χ3v) is 4.91. The van der Waals surface area contributed by atoms with E-state index in [0.717, 1.165) is 36.3 Å². The molecule has 6 heteroatoms. The van der Waals surface area contributed by atoms with E-state index in [4.69, 9.17) is 16.0 Å². The Bertz CT molecular complexity index is 788. The highest BCUT2D eigenvalue weighted by Crippen LogP contribution is 2.32. The zero-order valence-electron chi connectivity index (χ0n) is 15.9. The molecule has 140 valence electrons. The molecule has 5 nitrogen and oxygen atoms in total. The van der Waals surface area contributed by atoms with Gasteiger partial charge in [0.1, 0.15) is 0 Å². The van der Waals surface area contributed by atoms with Gasteiger partial charge in [-0.05, 0) is 63.1 Å². The predicted octanol–water partition coefficient (Wildman–Crippen LogP) is 5.26. The number of hydrogen-bond donors (Lipinski definition) is 1. The van der Waals surface area contributed by atoms with Crippen molar-refractivity contribution in [3.8, 4) is 0 Å². The monoisotopic (exact) mass is 375 g/mol. The van der Waals surface area contributed by atoms with Crippen molar-refractivity contribution >= 4 is 29.2 Å². The molecule has 0 saturated heterocycles. The van der Waals surface area contributed by atoms with Crippen LogP contribution in [0.3, 0.4) is 0 Å². The first-order chi connectivity index (χ1) is 12.4. The zero-order valence-corrected chi connectivity index (χ0v) is 16.6. The van der Waals surface area contributed by atoms with Crippen LogP contribution in [-0.4, -0.2) is 28.9 Å². The maximum atomic E-state index is 12.9. The molecule has 1 fully saturated rings. The average Bonchev–Trinajstić information content (AvgIpc) is 3.31. The van der Waals surface area contributed by atoms with Crippen LogP contribution in [0, 0.1) is 26.7 Å². The highest BCUT2D eigenvalue weighted by molar-refractivity contribution is 6.33. The summed E-state index contributed by atoms with van der Waals surface area (Å²) in [6.07, 6.45) is 3.34. The maximum Gasteiger partial charge on any atom is 0.300 e. The zero-order chi connectivity index (χ0) is 18.8. The predicted molar refractivity (Wildman–Crippen MR) is 104 cm³/mol. The van der Waals surface area contributed by atoms with Crippen LogP contribution in [-0.2, 0) is 0 Å². The van der Waals surface area contributed by atoms with Crippen LogP contribution < -0.4 is 5.32 Å². The van der Waals surface area contributed by atoms with E-state index in [1.807, 2.05) is 30.9 Å². The minimum absolute atomic E-state index is 0.0801. The fraction of sp³-hybridized carbons (Fsp3) is 0.500. The van der Waals surface area contributed by atoms with Crippen LogP contribution in [0.25, 0.3) is 0 Å². The van der Waals surface area contributed by atoms with E-state index in [9.17, 15) is 4.79 Å². The van der Waals surface area contributed by atoms with Gasteiger partial charge in [0, 0.05) is 13.1 Å². The standard InChI is InChI=1S/C20H26ClN3O2/c1-5-8-24(11-15-6-7-15)19(25)18-14(4)22-20(26-18)23-17-13(3)9-12(2)10-16(17)21/h9-10,15H,5-8,11H2,1-4H3,(H,22,23). The number of nitrogens with zero attached hydrogens (tertiary/aromatic N) is 2. The molecule has 1 aliphatic carbocycles.